The van der Waals surface area contributed by atoms with Gasteiger partial charge in [-0.2, -0.15) is 10.2 Å². The van der Waals surface area contributed by atoms with Crippen molar-refractivity contribution < 1.29 is 14.3 Å². The van der Waals surface area contributed by atoms with Gasteiger partial charge in [0.1, 0.15) is 17.5 Å². The lowest BCUT2D eigenvalue weighted by atomic mass is 9.80. The van der Waals surface area contributed by atoms with Gasteiger partial charge in [0.2, 0.25) is 11.9 Å². The molecule has 3 N–H and O–H groups in total. The summed E-state index contributed by atoms with van der Waals surface area (Å²) >= 11 is 0. The number of nitrogens with zero attached hydrogens (tertiary/aromatic N) is 4. The third-order valence-electron chi connectivity index (χ3n) is 6.14. The number of anilines is 3. The Morgan fingerprint density at radius 3 is 2.54 bits per heavy atom. The van der Waals surface area contributed by atoms with Gasteiger partial charge < -0.3 is 20.7 Å². The summed E-state index contributed by atoms with van der Waals surface area (Å²) < 4.78 is 5.35. The minimum atomic E-state index is -0.647. The zero-order valence-electron chi connectivity index (χ0n) is 23.5. The van der Waals surface area contributed by atoms with Crippen LogP contribution in [-0.4, -0.2) is 58.1 Å². The highest BCUT2D eigenvalue weighted by molar-refractivity contribution is 5.85. The molecule has 1 aromatic heterocycles. The first-order chi connectivity index (χ1) is 18.5. The quantitative estimate of drug-likeness (QED) is 0.427. The summed E-state index contributed by atoms with van der Waals surface area (Å²) in [5.74, 6) is 7.48. The number of hydrogen-bond acceptors (Lipinski definition) is 8. The molecule has 1 saturated carbocycles. The molecule has 0 saturated heterocycles. The number of amides is 2. The molecule has 1 aliphatic carbocycles. The Morgan fingerprint density at radius 2 is 1.92 bits per heavy atom. The van der Waals surface area contributed by atoms with Gasteiger partial charge in [-0.3, -0.25) is 9.69 Å². The van der Waals surface area contributed by atoms with Crippen LogP contribution in [0.15, 0.2) is 30.5 Å². The van der Waals surface area contributed by atoms with Crippen LogP contribution in [0, 0.1) is 29.1 Å². The topological polar surface area (TPSA) is 132 Å². The summed E-state index contributed by atoms with van der Waals surface area (Å²) in [4.78, 5) is 35.2. The van der Waals surface area contributed by atoms with Crippen LogP contribution < -0.4 is 16.0 Å². The largest absolute Gasteiger partial charge is 0.444 e. The molecule has 39 heavy (non-hydrogen) atoms. The second-order valence-electron chi connectivity index (χ2n) is 10.6. The average molecular weight is 532 g/mol. The van der Waals surface area contributed by atoms with Crippen LogP contribution in [0.4, 0.5) is 22.2 Å². The first-order valence-corrected chi connectivity index (χ1v) is 13.1. The van der Waals surface area contributed by atoms with E-state index in [1.54, 1.807) is 65.2 Å². The Kier molecular flexibility index (Phi) is 9.73. The first kappa shape index (κ1) is 29.2. The second-order valence-corrected chi connectivity index (χ2v) is 10.6. The lowest BCUT2D eigenvalue weighted by Gasteiger charge is -2.34. The monoisotopic (exact) mass is 531 g/mol. The van der Waals surface area contributed by atoms with E-state index in [0.29, 0.717) is 22.9 Å². The molecule has 10 heteroatoms. The predicted molar refractivity (Wildman–Crippen MR) is 150 cm³/mol. The van der Waals surface area contributed by atoms with Gasteiger partial charge in [0, 0.05) is 31.2 Å². The molecule has 1 heterocycles. The van der Waals surface area contributed by atoms with Crippen molar-refractivity contribution in [2.45, 2.75) is 71.6 Å². The van der Waals surface area contributed by atoms with Crippen molar-refractivity contribution in [3.63, 3.8) is 0 Å². The van der Waals surface area contributed by atoms with Gasteiger partial charge >= 0.3 is 6.09 Å². The van der Waals surface area contributed by atoms with Crippen molar-refractivity contribution in [1.29, 1.82) is 5.26 Å². The number of likely N-dealkylation sites (N-methyl/N-ethyl adjacent to an activating group) is 1. The van der Waals surface area contributed by atoms with Gasteiger partial charge in [-0.1, -0.05) is 18.8 Å². The van der Waals surface area contributed by atoms with Gasteiger partial charge in [0.15, 0.2) is 0 Å². The Morgan fingerprint density at radius 1 is 1.23 bits per heavy atom. The molecule has 1 aliphatic rings. The number of aromatic nitrogens is 2. The predicted octanol–water partition coefficient (Wildman–Crippen LogP) is 4.42. The molecule has 1 fully saturated rings. The normalized spacial score (nSPS) is 16.8. The van der Waals surface area contributed by atoms with Crippen molar-refractivity contribution in [3.05, 3.63) is 41.6 Å². The highest BCUT2D eigenvalue weighted by atomic mass is 16.6. The summed E-state index contributed by atoms with van der Waals surface area (Å²) in [5.41, 5.74) is 1.44. The number of ether oxygens (including phenoxy) is 1. The van der Waals surface area contributed by atoms with E-state index >= 15 is 0 Å². The van der Waals surface area contributed by atoms with E-state index < -0.39 is 17.7 Å². The molecule has 3 rings (SSSR count). The fourth-order valence-electron chi connectivity index (χ4n) is 3.69. The molecule has 0 aliphatic heterocycles. The second kappa shape index (κ2) is 13.0. The van der Waals surface area contributed by atoms with Crippen molar-refractivity contribution in [2.24, 2.45) is 5.92 Å². The van der Waals surface area contributed by atoms with Crippen molar-refractivity contribution in [1.82, 2.24) is 20.2 Å². The van der Waals surface area contributed by atoms with Crippen molar-refractivity contribution >= 4 is 29.5 Å². The number of hydrogen-bond donors (Lipinski definition) is 3. The minimum Gasteiger partial charge on any atom is -0.444 e. The number of nitrogens with one attached hydrogen (secondary N) is 3. The van der Waals surface area contributed by atoms with Crippen LogP contribution in [0.3, 0.4) is 0 Å². The number of carbonyl (C=O) groups is 2. The van der Waals surface area contributed by atoms with Crippen LogP contribution in [0.2, 0.25) is 0 Å². The smallest absolute Gasteiger partial charge is 0.410 e. The van der Waals surface area contributed by atoms with E-state index in [1.165, 1.54) is 4.90 Å². The summed E-state index contributed by atoms with van der Waals surface area (Å²) in [7, 11) is 1.56. The molecule has 0 spiro atoms. The highest BCUT2D eigenvalue weighted by Gasteiger charge is 2.33. The third-order valence-corrected chi connectivity index (χ3v) is 6.14. The Labute approximate surface area is 230 Å². The summed E-state index contributed by atoms with van der Waals surface area (Å²) in [6.07, 6.45) is 3.56. The van der Waals surface area contributed by atoms with Crippen LogP contribution >= 0.6 is 0 Å². The molecule has 206 valence electrons. The molecule has 1 atom stereocenters. The molecule has 1 aromatic carbocycles. The molecular weight excluding hydrogens is 494 g/mol. The van der Waals surface area contributed by atoms with Gasteiger partial charge in [0.05, 0.1) is 23.4 Å². The number of nitriles is 1. The van der Waals surface area contributed by atoms with Crippen LogP contribution in [0.1, 0.15) is 65.0 Å². The Bertz CT molecular complexity index is 1260. The average Bonchev–Trinajstić information content (AvgIpc) is 2.87. The zero-order chi connectivity index (χ0) is 28.6. The molecule has 10 nitrogen and oxygen atoms in total. The van der Waals surface area contributed by atoms with Crippen LogP contribution in [0.5, 0.6) is 0 Å². The van der Waals surface area contributed by atoms with Gasteiger partial charge in [0.25, 0.3) is 0 Å². The maximum atomic E-state index is 12.6. The van der Waals surface area contributed by atoms with Crippen LogP contribution in [-0.2, 0) is 9.53 Å². The highest BCUT2D eigenvalue weighted by Crippen LogP contribution is 2.27. The lowest BCUT2D eigenvalue weighted by molar-refractivity contribution is -0.126. The summed E-state index contributed by atoms with van der Waals surface area (Å²) in [6.45, 7) is 9.86. The van der Waals surface area contributed by atoms with E-state index in [0.717, 1.165) is 31.5 Å². The fraction of sp³-hybridized carbons (Fsp3) is 0.483. The van der Waals surface area contributed by atoms with E-state index in [2.05, 4.69) is 50.8 Å². The van der Waals surface area contributed by atoms with Crippen molar-refractivity contribution in [3.8, 4) is 17.9 Å². The third kappa shape index (κ3) is 8.61. The molecule has 0 radical (unpaired) electrons. The standard InChI is InChI=1S/C29H37N7O3/c1-7-14-31-25-22(18-32-27(35-25)34-23-12-9-20(17-30)10-13-23)11-8-21-15-24(16-21)33-26(37)19(2)36(6)28(38)39-29(3,4)5/h9-10,12-13,18-19,21,24H,7,14-16H2,1-6H3,(H,33,37)(H2,31,32,34,35)/t19-,21-,24+/m0/s1. The van der Waals surface area contributed by atoms with Gasteiger partial charge in [-0.15, -0.1) is 0 Å². The van der Waals surface area contributed by atoms with Gasteiger partial charge in [-0.25, -0.2) is 9.78 Å². The first-order valence-electron chi connectivity index (χ1n) is 13.1. The van der Waals surface area contributed by atoms with E-state index in [4.69, 9.17) is 10.00 Å². The van der Waals surface area contributed by atoms with E-state index in [9.17, 15) is 9.59 Å². The van der Waals surface area contributed by atoms with E-state index in [-0.39, 0.29) is 17.9 Å². The molecule has 2 aromatic rings. The Hall–Kier alpha value is -4.31. The molecule has 2 amide bonds. The summed E-state index contributed by atoms with van der Waals surface area (Å²) in [6, 6.07) is 8.53. The summed E-state index contributed by atoms with van der Waals surface area (Å²) in [5, 5.41) is 18.4. The molecular formula is C29H37N7O3. The lowest BCUT2D eigenvalue weighted by Crippen LogP contribution is -2.52. The molecule has 0 bridgehead atoms. The number of carbonyl (C=O) groups excluding carboxylic acids is 2. The molecule has 0 unspecified atom stereocenters. The van der Waals surface area contributed by atoms with Crippen LogP contribution in [0.25, 0.3) is 0 Å². The zero-order valence-corrected chi connectivity index (χ0v) is 23.5. The number of benzene rings is 1. The SMILES string of the molecule is CCCNc1nc(Nc2ccc(C#N)cc2)ncc1C#C[C@H]1C[C@@H](NC(=O)[C@H](C)N(C)C(=O)OC(C)(C)C)C1. The Balaban J connectivity index is 1.56. The number of rotatable bonds is 8. The minimum absolute atomic E-state index is 0.0132. The maximum Gasteiger partial charge on any atom is 0.410 e. The van der Waals surface area contributed by atoms with Crippen molar-refractivity contribution in [2.75, 3.05) is 24.2 Å². The van der Waals surface area contributed by atoms with Gasteiger partial charge in [-0.05, 0) is 71.2 Å². The maximum absolute atomic E-state index is 12.6. The van der Waals surface area contributed by atoms with E-state index in [1.807, 2.05) is 0 Å². The fourth-order valence-corrected chi connectivity index (χ4v) is 3.69.